The number of aliphatic hydroxyl groups excluding tert-OH is 1. The van der Waals surface area contributed by atoms with Gasteiger partial charge in [0.2, 0.25) is 0 Å². The SMILES string of the molecule is O=C(NCC1(C2CC2)CC1)c1ccc(C#CCCO)cc1. The van der Waals surface area contributed by atoms with E-state index in [1.165, 1.54) is 25.7 Å². The van der Waals surface area contributed by atoms with E-state index >= 15 is 0 Å². The Bertz CT molecular complexity index is 571. The van der Waals surface area contributed by atoms with Gasteiger partial charge in [0, 0.05) is 24.1 Å². The van der Waals surface area contributed by atoms with Gasteiger partial charge in [-0.3, -0.25) is 4.79 Å². The molecule has 0 bridgehead atoms. The molecule has 0 radical (unpaired) electrons. The van der Waals surface area contributed by atoms with Crippen molar-refractivity contribution in [3.05, 3.63) is 35.4 Å². The van der Waals surface area contributed by atoms with E-state index in [1.807, 2.05) is 24.3 Å². The van der Waals surface area contributed by atoms with E-state index in [1.54, 1.807) is 0 Å². The van der Waals surface area contributed by atoms with Crippen LogP contribution < -0.4 is 5.32 Å². The van der Waals surface area contributed by atoms with Gasteiger partial charge in [-0.2, -0.15) is 0 Å². The molecule has 0 spiro atoms. The molecule has 2 saturated carbocycles. The van der Waals surface area contributed by atoms with Crippen LogP contribution in [0, 0.1) is 23.2 Å². The van der Waals surface area contributed by atoms with E-state index in [-0.39, 0.29) is 12.5 Å². The molecule has 0 saturated heterocycles. The maximum Gasteiger partial charge on any atom is 0.251 e. The molecule has 1 amide bonds. The fourth-order valence-electron chi connectivity index (χ4n) is 2.87. The molecule has 2 aliphatic rings. The molecule has 3 heteroatoms. The third kappa shape index (κ3) is 3.46. The Balaban J connectivity index is 1.54. The first-order chi connectivity index (χ1) is 10.2. The zero-order valence-electron chi connectivity index (χ0n) is 12.2. The van der Waals surface area contributed by atoms with Crippen LogP contribution in [0.2, 0.25) is 0 Å². The van der Waals surface area contributed by atoms with E-state index < -0.39 is 0 Å². The van der Waals surface area contributed by atoms with Gasteiger partial charge in [-0.25, -0.2) is 0 Å². The van der Waals surface area contributed by atoms with Gasteiger partial charge in [-0.05, 0) is 61.3 Å². The van der Waals surface area contributed by atoms with Gasteiger partial charge in [0.15, 0.2) is 0 Å². The summed E-state index contributed by atoms with van der Waals surface area (Å²) >= 11 is 0. The highest BCUT2D eigenvalue weighted by atomic mass is 16.2. The van der Waals surface area contributed by atoms with Crippen molar-refractivity contribution >= 4 is 5.91 Å². The predicted molar refractivity (Wildman–Crippen MR) is 81.7 cm³/mol. The molecule has 2 aliphatic carbocycles. The van der Waals surface area contributed by atoms with Gasteiger partial charge in [0.05, 0.1) is 6.61 Å². The number of carbonyl (C=O) groups is 1. The van der Waals surface area contributed by atoms with E-state index in [4.69, 9.17) is 5.11 Å². The Morgan fingerprint density at radius 3 is 2.57 bits per heavy atom. The van der Waals surface area contributed by atoms with Crippen molar-refractivity contribution in [2.75, 3.05) is 13.2 Å². The van der Waals surface area contributed by atoms with Crippen LogP contribution in [0.15, 0.2) is 24.3 Å². The summed E-state index contributed by atoms with van der Waals surface area (Å²) in [5, 5.41) is 11.8. The van der Waals surface area contributed by atoms with Crippen LogP contribution in [0.25, 0.3) is 0 Å². The van der Waals surface area contributed by atoms with Crippen molar-refractivity contribution in [1.29, 1.82) is 0 Å². The van der Waals surface area contributed by atoms with Crippen molar-refractivity contribution in [3.8, 4) is 11.8 Å². The van der Waals surface area contributed by atoms with Gasteiger partial charge in [0.1, 0.15) is 0 Å². The lowest BCUT2D eigenvalue weighted by molar-refractivity contribution is 0.0942. The van der Waals surface area contributed by atoms with Gasteiger partial charge in [0.25, 0.3) is 5.91 Å². The maximum atomic E-state index is 12.2. The number of nitrogens with one attached hydrogen (secondary N) is 1. The molecule has 0 unspecified atom stereocenters. The smallest absolute Gasteiger partial charge is 0.251 e. The standard InChI is InChI=1S/C18H21NO2/c20-12-2-1-3-14-4-6-15(7-5-14)17(21)19-13-18(10-11-18)16-8-9-16/h4-7,16,20H,2,8-13H2,(H,19,21). The fourth-order valence-corrected chi connectivity index (χ4v) is 2.87. The number of rotatable bonds is 5. The van der Waals surface area contributed by atoms with Crippen LogP contribution in [0.3, 0.4) is 0 Å². The first-order valence-electron chi connectivity index (χ1n) is 7.71. The number of hydrogen-bond donors (Lipinski definition) is 2. The Labute approximate surface area is 125 Å². The highest BCUT2D eigenvalue weighted by molar-refractivity contribution is 5.94. The minimum Gasteiger partial charge on any atom is -0.395 e. The van der Waals surface area contributed by atoms with Crippen molar-refractivity contribution in [1.82, 2.24) is 5.32 Å². The van der Waals surface area contributed by atoms with Crippen molar-refractivity contribution in [2.45, 2.75) is 32.1 Å². The van der Waals surface area contributed by atoms with E-state index in [0.717, 1.165) is 18.0 Å². The number of hydrogen-bond acceptors (Lipinski definition) is 2. The zero-order chi connectivity index (χ0) is 14.7. The first kappa shape index (κ1) is 14.2. The lowest BCUT2D eigenvalue weighted by Gasteiger charge is -2.14. The van der Waals surface area contributed by atoms with E-state index in [0.29, 0.717) is 17.4 Å². The summed E-state index contributed by atoms with van der Waals surface area (Å²) in [6.45, 7) is 0.908. The van der Waals surface area contributed by atoms with E-state index in [9.17, 15) is 4.79 Å². The average molecular weight is 283 g/mol. The van der Waals surface area contributed by atoms with Gasteiger partial charge < -0.3 is 10.4 Å². The lowest BCUT2D eigenvalue weighted by atomic mass is 10.0. The molecule has 110 valence electrons. The average Bonchev–Trinajstić information content (AvgIpc) is 3.39. The van der Waals surface area contributed by atoms with Crippen molar-refractivity contribution < 1.29 is 9.90 Å². The quantitative estimate of drug-likeness (QED) is 0.815. The molecular formula is C18H21NO2. The molecule has 2 fully saturated rings. The predicted octanol–water partition coefficient (Wildman–Crippen LogP) is 2.34. The molecule has 0 aliphatic heterocycles. The summed E-state index contributed by atoms with van der Waals surface area (Å²) < 4.78 is 0. The topological polar surface area (TPSA) is 49.3 Å². The monoisotopic (exact) mass is 283 g/mol. The van der Waals surface area contributed by atoms with Gasteiger partial charge in [-0.1, -0.05) is 11.8 Å². The highest BCUT2D eigenvalue weighted by Gasteiger charge is 2.53. The van der Waals surface area contributed by atoms with Crippen LogP contribution in [-0.2, 0) is 0 Å². The highest BCUT2D eigenvalue weighted by Crippen LogP contribution is 2.60. The van der Waals surface area contributed by atoms with Crippen molar-refractivity contribution in [2.24, 2.45) is 11.3 Å². The molecule has 21 heavy (non-hydrogen) atoms. The normalized spacial score (nSPS) is 18.5. The first-order valence-corrected chi connectivity index (χ1v) is 7.71. The molecule has 3 rings (SSSR count). The largest absolute Gasteiger partial charge is 0.395 e. The minimum absolute atomic E-state index is 0.0109. The summed E-state index contributed by atoms with van der Waals surface area (Å²) in [4.78, 5) is 12.2. The lowest BCUT2D eigenvalue weighted by Crippen LogP contribution is -2.31. The summed E-state index contributed by atoms with van der Waals surface area (Å²) in [6, 6.07) is 7.34. The second-order valence-electron chi connectivity index (χ2n) is 6.17. The number of benzene rings is 1. The molecule has 0 aromatic heterocycles. The molecule has 1 aromatic rings. The summed E-state index contributed by atoms with van der Waals surface area (Å²) in [6.07, 6.45) is 5.72. The second kappa shape index (κ2) is 5.91. The number of aliphatic hydroxyl groups is 1. The Morgan fingerprint density at radius 1 is 1.29 bits per heavy atom. The third-order valence-electron chi connectivity index (χ3n) is 4.55. The molecule has 0 heterocycles. The van der Waals surface area contributed by atoms with Crippen LogP contribution in [0.1, 0.15) is 48.0 Å². The molecule has 2 N–H and O–H groups in total. The Kier molecular flexibility index (Phi) is 3.98. The Morgan fingerprint density at radius 2 is 2.00 bits per heavy atom. The fraction of sp³-hybridized carbons (Fsp3) is 0.500. The summed E-state index contributed by atoms with van der Waals surface area (Å²) in [5.41, 5.74) is 2.00. The van der Waals surface area contributed by atoms with Crippen LogP contribution in [0.5, 0.6) is 0 Å². The minimum atomic E-state index is 0.0109. The van der Waals surface area contributed by atoms with Gasteiger partial charge >= 0.3 is 0 Å². The number of carbonyl (C=O) groups excluding carboxylic acids is 1. The molecule has 0 atom stereocenters. The summed E-state index contributed by atoms with van der Waals surface area (Å²) in [5.74, 6) is 6.71. The van der Waals surface area contributed by atoms with Crippen LogP contribution >= 0.6 is 0 Å². The maximum absolute atomic E-state index is 12.2. The van der Waals surface area contributed by atoms with Gasteiger partial charge in [-0.15, -0.1) is 0 Å². The molecular weight excluding hydrogens is 262 g/mol. The van der Waals surface area contributed by atoms with E-state index in [2.05, 4.69) is 17.2 Å². The second-order valence-corrected chi connectivity index (χ2v) is 6.17. The van der Waals surface area contributed by atoms with Crippen LogP contribution in [0.4, 0.5) is 0 Å². The molecule has 3 nitrogen and oxygen atoms in total. The Hall–Kier alpha value is -1.79. The number of amides is 1. The zero-order valence-corrected chi connectivity index (χ0v) is 12.2. The summed E-state index contributed by atoms with van der Waals surface area (Å²) in [7, 11) is 0. The van der Waals surface area contributed by atoms with Crippen LogP contribution in [-0.4, -0.2) is 24.2 Å². The third-order valence-corrected chi connectivity index (χ3v) is 4.55. The molecule has 1 aromatic carbocycles. The van der Waals surface area contributed by atoms with Crippen molar-refractivity contribution in [3.63, 3.8) is 0 Å².